The summed E-state index contributed by atoms with van der Waals surface area (Å²) in [6.45, 7) is 19.6. The van der Waals surface area contributed by atoms with E-state index in [4.69, 9.17) is 9.84 Å². The van der Waals surface area contributed by atoms with Crippen LogP contribution in [0.15, 0.2) is 55.5 Å². The van der Waals surface area contributed by atoms with Gasteiger partial charge in [-0.25, -0.2) is 9.40 Å². The monoisotopic (exact) mass is 431 g/mol. The van der Waals surface area contributed by atoms with E-state index in [-0.39, 0.29) is 17.9 Å². The largest absolute Gasteiger partial charge is 0.374 e. The minimum atomic E-state index is -0.767. The fraction of sp³-hybridized carbons (Fsp3) is 0.600. The molecule has 0 N–H and O–H groups in total. The molecule has 0 aliphatic carbocycles. The molecule has 1 saturated heterocycles. The minimum Gasteiger partial charge on any atom is -0.374 e. The summed E-state index contributed by atoms with van der Waals surface area (Å²) < 4.78 is 20.4. The maximum absolute atomic E-state index is 14.3. The standard InChI is InChI=1S/C25H38FN3O2/c1-6-9-13-22(20(5)26)29-25(30)21-18-28(15-10-7-2)16-12-11-14-23(31-17-8-3)19(4)24(21)27-29/h6-8,19,21-23H,1-3,5,9-18H2,4H3. The number of amides is 1. The Bertz CT molecular complexity index is 690. The number of ether oxygens (including phenoxy) is 1. The van der Waals surface area contributed by atoms with Gasteiger partial charge in [0.2, 0.25) is 0 Å². The van der Waals surface area contributed by atoms with Crippen LogP contribution in [0.5, 0.6) is 0 Å². The van der Waals surface area contributed by atoms with E-state index in [1.54, 1.807) is 12.2 Å². The summed E-state index contributed by atoms with van der Waals surface area (Å²) in [5.41, 5.74) is 0.786. The summed E-state index contributed by atoms with van der Waals surface area (Å²) in [5, 5.41) is 6.04. The van der Waals surface area contributed by atoms with Gasteiger partial charge < -0.3 is 9.64 Å². The molecule has 2 heterocycles. The van der Waals surface area contributed by atoms with Gasteiger partial charge in [-0.05, 0) is 45.1 Å². The number of rotatable bonds is 11. The van der Waals surface area contributed by atoms with Gasteiger partial charge in [-0.2, -0.15) is 5.10 Å². The van der Waals surface area contributed by atoms with Crippen molar-refractivity contribution in [2.24, 2.45) is 16.9 Å². The lowest BCUT2D eigenvalue weighted by molar-refractivity contribution is -0.134. The number of carbonyl (C=O) groups is 1. The fourth-order valence-corrected chi connectivity index (χ4v) is 4.39. The average Bonchev–Trinajstić information content (AvgIpc) is 3.06. The molecule has 5 nitrogen and oxygen atoms in total. The molecule has 2 rings (SSSR count). The highest BCUT2D eigenvalue weighted by molar-refractivity contribution is 6.09. The highest BCUT2D eigenvalue weighted by Gasteiger charge is 2.44. The van der Waals surface area contributed by atoms with Crippen LogP contribution in [0.3, 0.4) is 0 Å². The van der Waals surface area contributed by atoms with Gasteiger partial charge in [-0.3, -0.25) is 4.79 Å². The topological polar surface area (TPSA) is 45.1 Å². The smallest absolute Gasteiger partial charge is 0.253 e. The van der Waals surface area contributed by atoms with Crippen LogP contribution in [0.2, 0.25) is 0 Å². The summed E-state index contributed by atoms with van der Waals surface area (Å²) in [6, 6.07) is -0.767. The van der Waals surface area contributed by atoms with E-state index in [0.717, 1.165) is 44.5 Å². The van der Waals surface area contributed by atoms with Crippen molar-refractivity contribution >= 4 is 11.6 Å². The van der Waals surface area contributed by atoms with E-state index in [0.29, 0.717) is 26.0 Å². The average molecular weight is 432 g/mol. The highest BCUT2D eigenvalue weighted by atomic mass is 19.1. The van der Waals surface area contributed by atoms with Crippen LogP contribution in [0.4, 0.5) is 4.39 Å². The van der Waals surface area contributed by atoms with Crippen molar-refractivity contribution in [1.29, 1.82) is 0 Å². The van der Waals surface area contributed by atoms with Gasteiger partial charge >= 0.3 is 0 Å². The fourth-order valence-electron chi connectivity index (χ4n) is 4.39. The van der Waals surface area contributed by atoms with Gasteiger partial charge in [-0.1, -0.05) is 31.7 Å². The van der Waals surface area contributed by atoms with Crippen molar-refractivity contribution < 1.29 is 13.9 Å². The number of fused-ring (bicyclic) bond motifs is 1. The Morgan fingerprint density at radius 1 is 1.26 bits per heavy atom. The van der Waals surface area contributed by atoms with Crippen LogP contribution in [-0.4, -0.2) is 59.9 Å². The van der Waals surface area contributed by atoms with Crippen LogP contribution >= 0.6 is 0 Å². The number of nitrogens with zero attached hydrogens (tertiary/aromatic N) is 3. The third-order valence-corrected chi connectivity index (χ3v) is 6.16. The normalized spacial score (nSPS) is 26.0. The van der Waals surface area contributed by atoms with Gasteiger partial charge in [0.05, 0.1) is 24.3 Å². The Hall–Kier alpha value is -2.05. The van der Waals surface area contributed by atoms with Gasteiger partial charge in [0.15, 0.2) is 0 Å². The van der Waals surface area contributed by atoms with Gasteiger partial charge in [0.1, 0.15) is 11.9 Å². The summed E-state index contributed by atoms with van der Waals surface area (Å²) >= 11 is 0. The lowest BCUT2D eigenvalue weighted by Gasteiger charge is -2.31. The molecule has 0 bridgehead atoms. The molecule has 0 spiro atoms. The van der Waals surface area contributed by atoms with Crippen LogP contribution in [0, 0.1) is 11.8 Å². The molecule has 31 heavy (non-hydrogen) atoms. The van der Waals surface area contributed by atoms with Crippen molar-refractivity contribution in [2.45, 2.75) is 57.6 Å². The molecule has 0 aromatic rings. The second kappa shape index (κ2) is 12.7. The Labute approximate surface area is 187 Å². The van der Waals surface area contributed by atoms with Crippen LogP contribution in [0.25, 0.3) is 0 Å². The molecule has 1 fully saturated rings. The number of allylic oxidation sites excluding steroid dienone is 1. The summed E-state index contributed by atoms with van der Waals surface area (Å²) in [5.74, 6) is -1.15. The zero-order valence-electron chi connectivity index (χ0n) is 19.0. The Kier molecular flexibility index (Phi) is 10.3. The number of hydrogen-bond acceptors (Lipinski definition) is 4. The molecule has 172 valence electrons. The van der Waals surface area contributed by atoms with E-state index in [2.05, 4.69) is 38.1 Å². The van der Waals surface area contributed by atoms with Crippen molar-refractivity contribution in [3.05, 3.63) is 50.4 Å². The first kappa shape index (κ1) is 25.2. The Balaban J connectivity index is 2.37. The predicted octanol–water partition coefficient (Wildman–Crippen LogP) is 4.89. The maximum Gasteiger partial charge on any atom is 0.253 e. The van der Waals surface area contributed by atoms with Crippen LogP contribution < -0.4 is 0 Å². The Morgan fingerprint density at radius 2 is 2.00 bits per heavy atom. The van der Waals surface area contributed by atoms with Gasteiger partial charge in [0, 0.05) is 19.0 Å². The third kappa shape index (κ3) is 6.71. The molecule has 4 atom stereocenters. The number of carbonyl (C=O) groups excluding carboxylic acids is 1. The summed E-state index contributed by atoms with van der Waals surface area (Å²) in [7, 11) is 0. The van der Waals surface area contributed by atoms with Crippen LogP contribution in [0.1, 0.15) is 45.4 Å². The highest BCUT2D eigenvalue weighted by Crippen LogP contribution is 2.32. The molecule has 0 saturated carbocycles. The second-order valence-electron chi connectivity index (χ2n) is 8.41. The number of hydrazone groups is 1. The molecule has 6 heteroatoms. The number of hydrogen-bond donors (Lipinski definition) is 0. The van der Waals surface area contributed by atoms with Crippen molar-refractivity contribution in [3.8, 4) is 0 Å². The molecule has 0 aromatic carbocycles. The molecular weight excluding hydrogens is 393 g/mol. The second-order valence-corrected chi connectivity index (χ2v) is 8.41. The van der Waals surface area contributed by atoms with Crippen LogP contribution in [-0.2, 0) is 9.53 Å². The molecule has 4 unspecified atom stereocenters. The van der Waals surface area contributed by atoms with E-state index in [9.17, 15) is 9.18 Å². The van der Waals surface area contributed by atoms with E-state index < -0.39 is 17.8 Å². The van der Waals surface area contributed by atoms with Crippen molar-refractivity contribution in [3.63, 3.8) is 0 Å². The molecule has 2 aliphatic heterocycles. The first-order chi connectivity index (χ1) is 14.9. The van der Waals surface area contributed by atoms with E-state index >= 15 is 0 Å². The molecule has 1 amide bonds. The molecular formula is C25H38FN3O2. The lowest BCUT2D eigenvalue weighted by Crippen LogP contribution is -2.44. The minimum absolute atomic E-state index is 0.0491. The lowest BCUT2D eigenvalue weighted by atomic mass is 9.86. The first-order valence-electron chi connectivity index (χ1n) is 11.4. The van der Waals surface area contributed by atoms with E-state index in [1.165, 1.54) is 5.01 Å². The Morgan fingerprint density at radius 3 is 2.65 bits per heavy atom. The zero-order valence-corrected chi connectivity index (χ0v) is 19.0. The molecule has 2 aliphatic rings. The SMILES string of the molecule is C=CCCC(C(=C)F)N1N=C2C(CN(CCC=C)CCCCC(OCC=C)C2C)C1=O. The van der Waals surface area contributed by atoms with E-state index in [1.807, 2.05) is 6.08 Å². The van der Waals surface area contributed by atoms with Crippen molar-refractivity contribution in [1.82, 2.24) is 9.91 Å². The zero-order chi connectivity index (χ0) is 22.8. The van der Waals surface area contributed by atoms with Crippen molar-refractivity contribution in [2.75, 3.05) is 26.2 Å². The van der Waals surface area contributed by atoms with Gasteiger partial charge in [-0.15, -0.1) is 19.7 Å². The summed E-state index contributed by atoms with van der Waals surface area (Å²) in [6.07, 6.45) is 10.1. The quantitative estimate of drug-likeness (QED) is 0.438. The third-order valence-electron chi connectivity index (χ3n) is 6.16. The molecule has 0 aromatic heterocycles. The molecule has 0 radical (unpaired) electrons. The first-order valence-corrected chi connectivity index (χ1v) is 11.4. The predicted molar refractivity (Wildman–Crippen MR) is 125 cm³/mol. The van der Waals surface area contributed by atoms with Gasteiger partial charge in [0.25, 0.3) is 5.91 Å². The maximum atomic E-state index is 14.3. The number of halogens is 1. The summed E-state index contributed by atoms with van der Waals surface area (Å²) in [4.78, 5) is 15.8.